The molecule has 4 aromatic rings. The first-order valence-electron chi connectivity index (χ1n) is 10.6. The molecule has 0 aliphatic rings. The Morgan fingerprint density at radius 3 is 2.34 bits per heavy atom. The van der Waals surface area contributed by atoms with E-state index in [9.17, 15) is 9.59 Å². The van der Waals surface area contributed by atoms with E-state index in [4.69, 9.17) is 0 Å². The van der Waals surface area contributed by atoms with Crippen molar-refractivity contribution in [1.82, 2.24) is 14.7 Å². The van der Waals surface area contributed by atoms with Crippen LogP contribution < -0.4 is 5.56 Å². The highest BCUT2D eigenvalue weighted by molar-refractivity contribution is 7.11. The Labute approximate surface area is 191 Å². The van der Waals surface area contributed by atoms with E-state index in [-0.39, 0.29) is 18.0 Å². The van der Waals surface area contributed by atoms with Crippen LogP contribution in [0.25, 0.3) is 11.3 Å². The standard InChI is InChI=1S/C26H25N3O2S/c1-20-12-13-23(32-20)18-28(17-16-21-8-4-2-5-9-21)26(31)19-29-25(30)15-14-24(27-29)22-10-6-3-7-11-22/h2-15H,16-19H2,1H3. The number of carbonyl (C=O) groups is 1. The summed E-state index contributed by atoms with van der Waals surface area (Å²) in [5.74, 6) is -0.119. The summed E-state index contributed by atoms with van der Waals surface area (Å²) in [5, 5.41) is 4.45. The third-order valence-electron chi connectivity index (χ3n) is 5.23. The Kier molecular flexibility index (Phi) is 6.92. The number of thiophene rings is 1. The Morgan fingerprint density at radius 1 is 0.938 bits per heavy atom. The fraction of sp³-hybridized carbons (Fsp3) is 0.192. The molecule has 2 heterocycles. The summed E-state index contributed by atoms with van der Waals surface area (Å²) in [5.41, 5.74) is 2.47. The van der Waals surface area contributed by atoms with Gasteiger partial charge in [-0.25, -0.2) is 4.68 Å². The van der Waals surface area contributed by atoms with Gasteiger partial charge in [0.25, 0.3) is 5.56 Å². The van der Waals surface area contributed by atoms with Crippen molar-refractivity contribution in [2.24, 2.45) is 0 Å². The maximum atomic E-state index is 13.3. The van der Waals surface area contributed by atoms with E-state index in [0.717, 1.165) is 16.9 Å². The molecular weight excluding hydrogens is 418 g/mol. The Hall–Kier alpha value is -3.51. The monoisotopic (exact) mass is 443 g/mol. The lowest BCUT2D eigenvalue weighted by atomic mass is 10.1. The Balaban J connectivity index is 1.54. The number of hydrogen-bond acceptors (Lipinski definition) is 4. The molecule has 2 aromatic heterocycles. The number of amides is 1. The fourth-order valence-electron chi connectivity index (χ4n) is 3.51. The summed E-state index contributed by atoms with van der Waals surface area (Å²) in [4.78, 5) is 29.9. The van der Waals surface area contributed by atoms with Crippen LogP contribution >= 0.6 is 11.3 Å². The second-order valence-electron chi connectivity index (χ2n) is 7.64. The van der Waals surface area contributed by atoms with Crippen LogP contribution in [0, 0.1) is 6.92 Å². The molecule has 0 fully saturated rings. The van der Waals surface area contributed by atoms with E-state index >= 15 is 0 Å². The third-order valence-corrected chi connectivity index (χ3v) is 6.22. The first kappa shape index (κ1) is 21.7. The first-order chi connectivity index (χ1) is 15.6. The van der Waals surface area contributed by atoms with Gasteiger partial charge in [-0.1, -0.05) is 60.7 Å². The van der Waals surface area contributed by atoms with E-state index < -0.39 is 0 Å². The lowest BCUT2D eigenvalue weighted by Crippen LogP contribution is -2.38. The van der Waals surface area contributed by atoms with Gasteiger partial charge >= 0.3 is 0 Å². The summed E-state index contributed by atoms with van der Waals surface area (Å²) in [6.07, 6.45) is 0.753. The predicted octanol–water partition coefficient (Wildman–Crippen LogP) is 4.55. The average molecular weight is 444 g/mol. The van der Waals surface area contributed by atoms with E-state index in [0.29, 0.717) is 18.8 Å². The van der Waals surface area contributed by atoms with Crippen molar-refractivity contribution in [2.45, 2.75) is 26.4 Å². The van der Waals surface area contributed by atoms with Gasteiger partial charge in [0.15, 0.2) is 0 Å². The Morgan fingerprint density at radius 2 is 1.66 bits per heavy atom. The number of nitrogens with zero attached hydrogens (tertiary/aromatic N) is 3. The predicted molar refractivity (Wildman–Crippen MR) is 129 cm³/mol. The van der Waals surface area contributed by atoms with Crippen molar-refractivity contribution in [2.75, 3.05) is 6.54 Å². The molecule has 5 nitrogen and oxygen atoms in total. The Bertz CT molecular complexity index is 1230. The van der Waals surface area contributed by atoms with Gasteiger partial charge in [-0.15, -0.1) is 11.3 Å². The largest absolute Gasteiger partial charge is 0.336 e. The quantitative estimate of drug-likeness (QED) is 0.401. The van der Waals surface area contributed by atoms with Crippen LogP contribution in [0.4, 0.5) is 0 Å². The summed E-state index contributed by atoms with van der Waals surface area (Å²) >= 11 is 1.69. The molecule has 0 radical (unpaired) electrons. The van der Waals surface area contributed by atoms with Gasteiger partial charge in [0.05, 0.1) is 12.2 Å². The van der Waals surface area contributed by atoms with Gasteiger partial charge in [0.2, 0.25) is 5.91 Å². The van der Waals surface area contributed by atoms with Gasteiger partial charge in [0, 0.05) is 27.9 Å². The number of aryl methyl sites for hydroxylation is 1. The molecule has 0 aliphatic heterocycles. The molecule has 0 bridgehead atoms. The highest BCUT2D eigenvalue weighted by Gasteiger charge is 2.17. The second kappa shape index (κ2) is 10.2. The van der Waals surface area contributed by atoms with Crippen molar-refractivity contribution in [1.29, 1.82) is 0 Å². The maximum Gasteiger partial charge on any atom is 0.267 e. The summed E-state index contributed by atoms with van der Waals surface area (Å²) in [6.45, 7) is 3.08. The smallest absolute Gasteiger partial charge is 0.267 e. The van der Waals surface area contributed by atoms with Crippen LogP contribution in [0.1, 0.15) is 15.3 Å². The molecule has 162 valence electrons. The van der Waals surface area contributed by atoms with Gasteiger partial charge in [-0.3, -0.25) is 9.59 Å². The molecule has 4 rings (SSSR count). The lowest BCUT2D eigenvalue weighted by molar-refractivity contribution is -0.132. The summed E-state index contributed by atoms with van der Waals surface area (Å²) in [7, 11) is 0. The molecule has 0 unspecified atom stereocenters. The zero-order valence-corrected chi connectivity index (χ0v) is 18.8. The molecule has 0 spiro atoms. The van der Waals surface area contributed by atoms with Crippen molar-refractivity contribution in [3.05, 3.63) is 111 Å². The van der Waals surface area contributed by atoms with Crippen molar-refractivity contribution < 1.29 is 4.79 Å². The van der Waals surface area contributed by atoms with Crippen LogP contribution in [-0.2, 0) is 24.3 Å². The van der Waals surface area contributed by atoms with Crippen LogP contribution in [0.5, 0.6) is 0 Å². The molecule has 0 aliphatic carbocycles. The van der Waals surface area contributed by atoms with E-state index in [1.807, 2.05) is 53.4 Å². The SMILES string of the molecule is Cc1ccc(CN(CCc2ccccc2)C(=O)Cn2nc(-c3ccccc3)ccc2=O)s1. The van der Waals surface area contributed by atoms with Crippen LogP contribution in [0.2, 0.25) is 0 Å². The summed E-state index contributed by atoms with van der Waals surface area (Å²) < 4.78 is 1.26. The number of rotatable bonds is 8. The molecule has 32 heavy (non-hydrogen) atoms. The third kappa shape index (κ3) is 5.59. The molecule has 0 N–H and O–H groups in total. The second-order valence-corrected chi connectivity index (χ2v) is 9.02. The van der Waals surface area contributed by atoms with Gasteiger partial charge in [-0.2, -0.15) is 5.10 Å². The molecule has 0 saturated carbocycles. The topological polar surface area (TPSA) is 55.2 Å². The van der Waals surface area contributed by atoms with Crippen LogP contribution in [-0.4, -0.2) is 27.1 Å². The molecule has 1 amide bonds. The first-order valence-corrected chi connectivity index (χ1v) is 11.4. The molecule has 6 heteroatoms. The minimum absolute atomic E-state index is 0.0847. The number of benzene rings is 2. The minimum atomic E-state index is -0.284. The van der Waals surface area contributed by atoms with E-state index in [1.165, 1.54) is 21.2 Å². The summed E-state index contributed by atoms with van der Waals surface area (Å²) in [6, 6.07) is 27.1. The van der Waals surface area contributed by atoms with Gasteiger partial charge in [0.1, 0.15) is 6.54 Å². The number of hydrogen-bond donors (Lipinski definition) is 0. The fourth-order valence-corrected chi connectivity index (χ4v) is 4.42. The van der Waals surface area contributed by atoms with Crippen molar-refractivity contribution >= 4 is 17.2 Å². The van der Waals surface area contributed by atoms with Crippen molar-refractivity contribution in [3.63, 3.8) is 0 Å². The zero-order chi connectivity index (χ0) is 22.3. The number of carbonyl (C=O) groups excluding carboxylic acids is 1. The lowest BCUT2D eigenvalue weighted by Gasteiger charge is -2.22. The molecule has 0 saturated heterocycles. The zero-order valence-electron chi connectivity index (χ0n) is 18.0. The van der Waals surface area contributed by atoms with Gasteiger partial charge < -0.3 is 4.90 Å². The normalized spacial score (nSPS) is 10.8. The van der Waals surface area contributed by atoms with Crippen LogP contribution in [0.15, 0.2) is 89.7 Å². The highest BCUT2D eigenvalue weighted by atomic mass is 32.1. The molecular formula is C26H25N3O2S. The maximum absolute atomic E-state index is 13.3. The van der Waals surface area contributed by atoms with E-state index in [1.54, 1.807) is 17.4 Å². The molecule has 0 atom stereocenters. The van der Waals surface area contributed by atoms with Gasteiger partial charge in [-0.05, 0) is 37.1 Å². The van der Waals surface area contributed by atoms with E-state index in [2.05, 4.69) is 36.3 Å². The molecule has 2 aromatic carbocycles. The van der Waals surface area contributed by atoms with Crippen molar-refractivity contribution in [3.8, 4) is 11.3 Å². The highest BCUT2D eigenvalue weighted by Crippen LogP contribution is 2.18. The van der Waals surface area contributed by atoms with Crippen LogP contribution in [0.3, 0.4) is 0 Å². The minimum Gasteiger partial charge on any atom is -0.336 e. The average Bonchev–Trinajstić information content (AvgIpc) is 3.24. The number of aromatic nitrogens is 2.